The smallest absolute Gasteiger partial charge is 0.339 e. The summed E-state index contributed by atoms with van der Waals surface area (Å²) in [4.78, 5) is 24.0. The molecule has 0 bridgehead atoms. The predicted molar refractivity (Wildman–Crippen MR) is 100 cm³/mol. The van der Waals surface area contributed by atoms with E-state index < -0.39 is 5.97 Å². The van der Waals surface area contributed by atoms with Gasteiger partial charge in [-0.05, 0) is 49.0 Å². The lowest BCUT2D eigenvalue weighted by Gasteiger charge is -2.12. The lowest BCUT2D eigenvalue weighted by atomic mass is 10.1. The first kappa shape index (κ1) is 18.1. The number of carbonyl (C=O) groups excluding carboxylic acids is 2. The monoisotopic (exact) mass is 406 g/mol. The van der Waals surface area contributed by atoms with E-state index in [0.717, 1.165) is 10.0 Å². The minimum absolute atomic E-state index is 0.0908. The lowest BCUT2D eigenvalue weighted by molar-refractivity contribution is 0.0602. The number of hydrogen-bond acceptors (Lipinski definition) is 4. The molecule has 0 atom stereocenters. The zero-order valence-corrected chi connectivity index (χ0v) is 15.5. The summed E-state index contributed by atoms with van der Waals surface area (Å²) >= 11 is 8.53. The van der Waals surface area contributed by atoms with Gasteiger partial charge < -0.3 is 10.1 Å². The Labute approximate surface area is 153 Å². The van der Waals surface area contributed by atoms with Crippen LogP contribution in [0, 0.1) is 6.92 Å². The van der Waals surface area contributed by atoms with Gasteiger partial charge in [0.05, 0.1) is 18.4 Å². The molecular formula is C17H15BrN2O3S. The van der Waals surface area contributed by atoms with Crippen LogP contribution in [0.3, 0.4) is 0 Å². The average molecular weight is 407 g/mol. The topological polar surface area (TPSA) is 67.4 Å². The third-order valence-corrected chi connectivity index (χ3v) is 4.30. The van der Waals surface area contributed by atoms with Crippen LogP contribution in [-0.2, 0) is 4.74 Å². The maximum absolute atomic E-state index is 12.2. The molecule has 2 aromatic carbocycles. The fourth-order valence-electron chi connectivity index (χ4n) is 1.94. The summed E-state index contributed by atoms with van der Waals surface area (Å²) in [6, 6.07) is 12.0. The molecule has 0 spiro atoms. The lowest BCUT2D eigenvalue weighted by Crippen LogP contribution is -2.34. The maximum atomic E-state index is 12.2. The zero-order valence-electron chi connectivity index (χ0n) is 13.1. The van der Waals surface area contributed by atoms with Crippen LogP contribution in [-0.4, -0.2) is 24.1 Å². The molecule has 2 rings (SSSR count). The van der Waals surface area contributed by atoms with E-state index in [4.69, 9.17) is 17.0 Å². The number of anilines is 1. The van der Waals surface area contributed by atoms with Crippen molar-refractivity contribution < 1.29 is 14.3 Å². The van der Waals surface area contributed by atoms with Crippen LogP contribution in [0.2, 0.25) is 0 Å². The molecule has 0 aliphatic rings. The van der Waals surface area contributed by atoms with Gasteiger partial charge in [-0.1, -0.05) is 34.1 Å². The standard InChI is InChI=1S/C17H15BrN2O3S/c1-10-7-8-11(9-13(10)18)15(21)20-17(24)19-14-6-4-3-5-12(14)16(22)23-2/h3-9H,1-2H3,(H2,19,20,21,24). The molecule has 24 heavy (non-hydrogen) atoms. The van der Waals surface area contributed by atoms with E-state index >= 15 is 0 Å². The highest BCUT2D eigenvalue weighted by Crippen LogP contribution is 2.18. The number of amides is 1. The number of aryl methyl sites for hydroxylation is 1. The summed E-state index contributed by atoms with van der Waals surface area (Å²) < 4.78 is 5.56. The summed E-state index contributed by atoms with van der Waals surface area (Å²) in [5.74, 6) is -0.835. The van der Waals surface area contributed by atoms with Crippen molar-refractivity contribution in [3.63, 3.8) is 0 Å². The van der Waals surface area contributed by atoms with Gasteiger partial charge in [0.15, 0.2) is 5.11 Å². The molecule has 0 unspecified atom stereocenters. The van der Waals surface area contributed by atoms with E-state index in [0.29, 0.717) is 16.8 Å². The van der Waals surface area contributed by atoms with Crippen molar-refractivity contribution in [1.82, 2.24) is 5.32 Å². The summed E-state index contributed by atoms with van der Waals surface area (Å²) in [6.07, 6.45) is 0. The van der Waals surface area contributed by atoms with Gasteiger partial charge in [0.1, 0.15) is 0 Å². The number of benzene rings is 2. The van der Waals surface area contributed by atoms with Gasteiger partial charge in [0.25, 0.3) is 5.91 Å². The van der Waals surface area contributed by atoms with Crippen molar-refractivity contribution in [2.75, 3.05) is 12.4 Å². The number of methoxy groups -OCH3 is 1. The van der Waals surface area contributed by atoms with Crippen LogP contribution in [0.5, 0.6) is 0 Å². The van der Waals surface area contributed by atoms with Gasteiger partial charge in [-0.2, -0.15) is 0 Å². The number of esters is 1. The molecule has 2 N–H and O–H groups in total. The van der Waals surface area contributed by atoms with Crippen LogP contribution in [0.15, 0.2) is 46.9 Å². The van der Waals surface area contributed by atoms with Gasteiger partial charge in [0, 0.05) is 10.0 Å². The zero-order chi connectivity index (χ0) is 17.7. The molecule has 1 amide bonds. The molecule has 7 heteroatoms. The Kier molecular flexibility index (Phi) is 6.05. The van der Waals surface area contributed by atoms with E-state index in [9.17, 15) is 9.59 Å². The molecule has 0 heterocycles. The Morgan fingerprint density at radius 1 is 1.17 bits per heavy atom. The van der Waals surface area contributed by atoms with E-state index in [1.54, 1.807) is 36.4 Å². The Morgan fingerprint density at radius 2 is 1.88 bits per heavy atom. The first-order chi connectivity index (χ1) is 11.4. The number of para-hydroxylation sites is 1. The second kappa shape index (κ2) is 8.03. The van der Waals surface area contributed by atoms with Gasteiger partial charge in [-0.3, -0.25) is 10.1 Å². The second-order valence-electron chi connectivity index (χ2n) is 4.91. The molecular weight excluding hydrogens is 392 g/mol. The number of carbonyl (C=O) groups is 2. The van der Waals surface area contributed by atoms with Crippen molar-refractivity contribution in [3.05, 3.63) is 63.6 Å². The Bertz CT molecular complexity index is 808. The average Bonchev–Trinajstić information content (AvgIpc) is 2.57. The molecule has 0 radical (unpaired) electrons. The number of nitrogens with one attached hydrogen (secondary N) is 2. The van der Waals surface area contributed by atoms with Gasteiger partial charge in [-0.15, -0.1) is 0 Å². The van der Waals surface area contributed by atoms with E-state index in [-0.39, 0.29) is 11.0 Å². The van der Waals surface area contributed by atoms with Crippen molar-refractivity contribution >= 4 is 50.8 Å². The van der Waals surface area contributed by atoms with Crippen LogP contribution in [0.4, 0.5) is 5.69 Å². The van der Waals surface area contributed by atoms with E-state index in [2.05, 4.69) is 26.6 Å². The van der Waals surface area contributed by atoms with Crippen LogP contribution in [0.1, 0.15) is 26.3 Å². The number of hydrogen-bond donors (Lipinski definition) is 2. The Morgan fingerprint density at radius 3 is 2.54 bits per heavy atom. The highest BCUT2D eigenvalue weighted by molar-refractivity contribution is 9.10. The third kappa shape index (κ3) is 4.39. The summed E-state index contributed by atoms with van der Waals surface area (Å²) in [5, 5.41) is 5.51. The minimum Gasteiger partial charge on any atom is -0.465 e. The number of thiocarbonyl (C=S) groups is 1. The first-order valence-electron chi connectivity index (χ1n) is 6.98. The molecule has 0 aliphatic carbocycles. The molecule has 0 aromatic heterocycles. The number of ether oxygens (including phenoxy) is 1. The fraction of sp³-hybridized carbons (Fsp3) is 0.118. The van der Waals surface area contributed by atoms with Crippen LogP contribution < -0.4 is 10.6 Å². The maximum Gasteiger partial charge on any atom is 0.339 e. The minimum atomic E-state index is -0.491. The van der Waals surface area contributed by atoms with Crippen molar-refractivity contribution in [1.29, 1.82) is 0 Å². The van der Waals surface area contributed by atoms with E-state index in [1.165, 1.54) is 7.11 Å². The van der Waals surface area contributed by atoms with Crippen molar-refractivity contribution in [3.8, 4) is 0 Å². The first-order valence-corrected chi connectivity index (χ1v) is 8.18. The molecule has 0 aliphatic heterocycles. The van der Waals surface area contributed by atoms with Gasteiger partial charge >= 0.3 is 5.97 Å². The van der Waals surface area contributed by atoms with Crippen LogP contribution >= 0.6 is 28.1 Å². The summed E-state index contributed by atoms with van der Waals surface area (Å²) in [6.45, 7) is 1.93. The second-order valence-corrected chi connectivity index (χ2v) is 6.17. The summed E-state index contributed by atoms with van der Waals surface area (Å²) in [5.41, 5.74) is 2.28. The van der Waals surface area contributed by atoms with Crippen molar-refractivity contribution in [2.24, 2.45) is 0 Å². The summed E-state index contributed by atoms with van der Waals surface area (Å²) in [7, 11) is 1.30. The largest absolute Gasteiger partial charge is 0.465 e. The normalized spacial score (nSPS) is 9.96. The molecule has 0 saturated heterocycles. The predicted octanol–water partition coefficient (Wildman–Crippen LogP) is 3.67. The molecule has 2 aromatic rings. The highest BCUT2D eigenvalue weighted by atomic mass is 79.9. The number of halogens is 1. The molecule has 124 valence electrons. The van der Waals surface area contributed by atoms with E-state index in [1.807, 2.05) is 13.0 Å². The van der Waals surface area contributed by atoms with Crippen LogP contribution in [0.25, 0.3) is 0 Å². The van der Waals surface area contributed by atoms with Gasteiger partial charge in [0.2, 0.25) is 0 Å². The highest BCUT2D eigenvalue weighted by Gasteiger charge is 2.14. The Balaban J connectivity index is 2.10. The Hall–Kier alpha value is -2.25. The van der Waals surface area contributed by atoms with Crippen molar-refractivity contribution in [2.45, 2.75) is 6.92 Å². The number of rotatable bonds is 3. The molecule has 0 fully saturated rings. The molecule has 5 nitrogen and oxygen atoms in total. The molecule has 0 saturated carbocycles. The SMILES string of the molecule is COC(=O)c1ccccc1NC(=S)NC(=O)c1ccc(C)c(Br)c1. The third-order valence-electron chi connectivity index (χ3n) is 3.24. The fourth-order valence-corrected chi connectivity index (χ4v) is 2.52. The quantitative estimate of drug-likeness (QED) is 0.601. The van der Waals surface area contributed by atoms with Gasteiger partial charge in [-0.25, -0.2) is 4.79 Å².